The van der Waals surface area contributed by atoms with Crippen molar-refractivity contribution in [2.75, 3.05) is 0 Å². The predicted molar refractivity (Wildman–Crippen MR) is 64.8 cm³/mol. The summed E-state index contributed by atoms with van der Waals surface area (Å²) < 4.78 is 28.8. The molecule has 4 nitrogen and oxygen atoms in total. The molecule has 0 bridgehead atoms. The van der Waals surface area contributed by atoms with Crippen LogP contribution >= 0.6 is 0 Å². The molecule has 0 aliphatic rings. The fourth-order valence-electron chi connectivity index (χ4n) is 1.71. The van der Waals surface area contributed by atoms with Gasteiger partial charge in [0.1, 0.15) is 11.6 Å². The van der Waals surface area contributed by atoms with Gasteiger partial charge < -0.3 is 5.32 Å². The number of hydrogen-bond donors (Lipinski definition) is 1. The molecule has 0 saturated carbocycles. The monoisotopic (exact) mass is 262 g/mol. The van der Waals surface area contributed by atoms with Gasteiger partial charge in [-0.15, -0.1) is 0 Å². The van der Waals surface area contributed by atoms with Crippen LogP contribution < -0.4 is 5.32 Å². The quantitative estimate of drug-likeness (QED) is 0.915. The van der Waals surface area contributed by atoms with Crippen molar-refractivity contribution in [3.05, 3.63) is 52.9 Å². The van der Waals surface area contributed by atoms with Crippen LogP contribution in [0.25, 0.3) is 0 Å². The Hall–Kier alpha value is -2.26. The van der Waals surface area contributed by atoms with Gasteiger partial charge in [0, 0.05) is 31.9 Å². The van der Waals surface area contributed by atoms with E-state index in [1.165, 1.54) is 0 Å². The summed E-state index contributed by atoms with van der Waals surface area (Å²) in [5.41, 5.74) is 0.690. The molecule has 0 saturated heterocycles. The molecule has 98 valence electrons. The van der Waals surface area contributed by atoms with Crippen molar-refractivity contribution in [3.63, 3.8) is 0 Å². The summed E-state index contributed by atoms with van der Waals surface area (Å²) >= 11 is 0. The molecule has 0 aliphatic carbocycles. The van der Waals surface area contributed by atoms with Crippen molar-refractivity contribution in [1.82, 2.24) is 15.1 Å². The molecule has 1 heterocycles. The lowest BCUT2D eigenvalue weighted by molar-refractivity contribution is 0.532. The van der Waals surface area contributed by atoms with Gasteiger partial charge in [-0.05, 0) is 18.2 Å². The van der Waals surface area contributed by atoms with Gasteiger partial charge in [-0.2, -0.15) is 10.4 Å². The third-order valence-electron chi connectivity index (χ3n) is 2.65. The first kappa shape index (κ1) is 13.2. The first-order chi connectivity index (χ1) is 9.10. The van der Waals surface area contributed by atoms with Crippen molar-refractivity contribution >= 4 is 0 Å². The highest BCUT2D eigenvalue weighted by molar-refractivity contribution is 5.34. The van der Waals surface area contributed by atoms with Gasteiger partial charge in [-0.1, -0.05) is 0 Å². The van der Waals surface area contributed by atoms with E-state index in [0.717, 1.165) is 17.8 Å². The summed E-state index contributed by atoms with van der Waals surface area (Å²) in [4.78, 5) is 0. The number of halogens is 2. The Morgan fingerprint density at radius 1 is 1.32 bits per heavy atom. The molecule has 6 heteroatoms. The normalized spacial score (nSPS) is 10.4. The van der Waals surface area contributed by atoms with Gasteiger partial charge >= 0.3 is 0 Å². The molecular weight excluding hydrogens is 250 g/mol. The molecule has 1 aromatic heterocycles. The fraction of sp³-hybridized carbons (Fsp3) is 0.231. The summed E-state index contributed by atoms with van der Waals surface area (Å²) in [5, 5.41) is 15.6. The van der Waals surface area contributed by atoms with E-state index in [-0.39, 0.29) is 17.7 Å². The predicted octanol–water partition coefficient (Wildman–Crippen LogP) is 1.86. The van der Waals surface area contributed by atoms with Gasteiger partial charge in [-0.3, -0.25) is 4.68 Å². The molecule has 2 aromatic rings. The molecule has 19 heavy (non-hydrogen) atoms. The number of aromatic nitrogens is 2. The van der Waals surface area contributed by atoms with Crippen LogP contribution in [0.3, 0.4) is 0 Å². The first-order valence-electron chi connectivity index (χ1n) is 5.67. The number of benzene rings is 1. The van der Waals surface area contributed by atoms with Crippen molar-refractivity contribution in [2.24, 2.45) is 7.05 Å². The Morgan fingerprint density at radius 2 is 2.00 bits per heavy atom. The lowest BCUT2D eigenvalue weighted by atomic mass is 10.1. The van der Waals surface area contributed by atoms with Crippen LogP contribution in [0.15, 0.2) is 24.4 Å². The molecule has 0 spiro atoms. The zero-order valence-electron chi connectivity index (χ0n) is 10.3. The maximum atomic E-state index is 13.6. The maximum Gasteiger partial charge on any atom is 0.131 e. The number of rotatable bonds is 4. The minimum atomic E-state index is -0.718. The van der Waals surface area contributed by atoms with Gasteiger partial charge in [0.05, 0.1) is 17.3 Å². The molecule has 0 atom stereocenters. The smallest absolute Gasteiger partial charge is 0.131 e. The molecule has 1 N–H and O–H groups in total. The zero-order valence-corrected chi connectivity index (χ0v) is 10.3. The lowest BCUT2D eigenvalue weighted by Crippen LogP contribution is -2.15. The van der Waals surface area contributed by atoms with E-state index in [4.69, 9.17) is 5.26 Å². The summed E-state index contributed by atoms with van der Waals surface area (Å²) in [5.74, 6) is -1.44. The highest BCUT2D eigenvalue weighted by Crippen LogP contribution is 2.15. The molecule has 1 aromatic carbocycles. The van der Waals surface area contributed by atoms with Crippen molar-refractivity contribution in [2.45, 2.75) is 13.1 Å². The number of nitrogens with one attached hydrogen (secondary N) is 1. The molecular formula is C13H12F2N4. The molecule has 0 radical (unpaired) electrons. The second kappa shape index (κ2) is 5.59. The fourth-order valence-corrected chi connectivity index (χ4v) is 1.71. The van der Waals surface area contributed by atoms with Crippen LogP contribution in [-0.2, 0) is 20.1 Å². The summed E-state index contributed by atoms with van der Waals surface area (Å²) in [7, 11) is 1.80. The molecule has 0 unspecified atom stereocenters. The Morgan fingerprint density at radius 3 is 2.53 bits per heavy atom. The van der Waals surface area contributed by atoms with Crippen LogP contribution in [0.5, 0.6) is 0 Å². The molecule has 2 rings (SSSR count). The highest BCUT2D eigenvalue weighted by Gasteiger charge is 2.11. The molecule has 0 amide bonds. The topological polar surface area (TPSA) is 53.6 Å². The Kier molecular flexibility index (Phi) is 3.88. The van der Waals surface area contributed by atoms with E-state index < -0.39 is 11.6 Å². The van der Waals surface area contributed by atoms with E-state index in [1.54, 1.807) is 24.0 Å². The summed E-state index contributed by atoms with van der Waals surface area (Å²) in [6, 6.07) is 5.58. The van der Waals surface area contributed by atoms with Crippen LogP contribution in [0.4, 0.5) is 8.78 Å². The minimum absolute atomic E-state index is 0.0246. The van der Waals surface area contributed by atoms with Gasteiger partial charge in [0.25, 0.3) is 0 Å². The van der Waals surface area contributed by atoms with E-state index in [0.29, 0.717) is 6.54 Å². The van der Waals surface area contributed by atoms with E-state index in [1.807, 2.05) is 6.07 Å². The average Bonchev–Trinajstić information content (AvgIpc) is 2.78. The first-order valence-corrected chi connectivity index (χ1v) is 5.67. The van der Waals surface area contributed by atoms with E-state index in [9.17, 15) is 8.78 Å². The van der Waals surface area contributed by atoms with Crippen LogP contribution in [0.1, 0.15) is 16.8 Å². The molecule has 0 aliphatic heterocycles. The Bertz CT molecular complexity index is 605. The number of nitriles is 1. The lowest BCUT2D eigenvalue weighted by Gasteiger charge is -2.06. The number of nitrogens with zero attached hydrogens (tertiary/aromatic N) is 3. The minimum Gasteiger partial charge on any atom is -0.307 e. The van der Waals surface area contributed by atoms with Gasteiger partial charge in [0.2, 0.25) is 0 Å². The maximum absolute atomic E-state index is 13.6. The third-order valence-corrected chi connectivity index (χ3v) is 2.65. The van der Waals surface area contributed by atoms with Crippen LogP contribution in [-0.4, -0.2) is 9.78 Å². The third kappa shape index (κ3) is 3.14. The molecule has 0 fully saturated rings. The van der Waals surface area contributed by atoms with E-state index >= 15 is 0 Å². The SMILES string of the molecule is Cn1ccc(CNCc2c(F)cc(C#N)cc2F)n1. The summed E-state index contributed by atoms with van der Waals surface area (Å²) in [6.07, 6.45) is 1.79. The van der Waals surface area contributed by atoms with Crippen molar-refractivity contribution < 1.29 is 8.78 Å². The standard InChI is InChI=1S/C13H12F2N4/c1-19-3-2-10(18-19)7-17-8-11-12(14)4-9(6-16)5-13(11)15/h2-5,17H,7-8H2,1H3. The zero-order chi connectivity index (χ0) is 13.8. The Labute approximate surface area is 109 Å². The Balaban J connectivity index is 2.02. The summed E-state index contributed by atoms with van der Waals surface area (Å²) in [6.45, 7) is 0.458. The van der Waals surface area contributed by atoms with Crippen LogP contribution in [0, 0.1) is 23.0 Å². The van der Waals surface area contributed by atoms with Crippen molar-refractivity contribution in [3.8, 4) is 6.07 Å². The van der Waals surface area contributed by atoms with Crippen LogP contribution in [0.2, 0.25) is 0 Å². The number of aryl methyl sites for hydroxylation is 1. The second-order valence-corrected chi connectivity index (χ2v) is 4.11. The second-order valence-electron chi connectivity index (χ2n) is 4.11. The highest BCUT2D eigenvalue weighted by atomic mass is 19.1. The average molecular weight is 262 g/mol. The largest absolute Gasteiger partial charge is 0.307 e. The number of hydrogen-bond acceptors (Lipinski definition) is 3. The van der Waals surface area contributed by atoms with Crippen molar-refractivity contribution in [1.29, 1.82) is 5.26 Å². The van der Waals surface area contributed by atoms with Gasteiger partial charge in [-0.25, -0.2) is 8.78 Å². The van der Waals surface area contributed by atoms with E-state index in [2.05, 4.69) is 10.4 Å². The van der Waals surface area contributed by atoms with Gasteiger partial charge in [0.15, 0.2) is 0 Å².